The lowest BCUT2D eigenvalue weighted by Gasteiger charge is -2.19. The maximum atomic E-state index is 12.7. The van der Waals surface area contributed by atoms with Gasteiger partial charge < -0.3 is 4.90 Å². The first kappa shape index (κ1) is 16.3. The molecule has 1 fully saturated rings. The summed E-state index contributed by atoms with van der Waals surface area (Å²) in [6.07, 6.45) is 0. The molecule has 1 aliphatic rings. The molecule has 1 aromatic rings. The number of aryl methyl sites for hydroxylation is 1. The standard InChI is InChI=1S/C15H20ClNO3S/c1-9-5-13(21(16,19)20)6-14(12(9)4)15(18)17-7-10(2)11(3)8-17/h5-6,10-11H,7-8H2,1-4H3. The zero-order chi connectivity index (χ0) is 15.9. The largest absolute Gasteiger partial charge is 0.338 e. The van der Waals surface area contributed by atoms with E-state index in [4.69, 9.17) is 10.7 Å². The quantitative estimate of drug-likeness (QED) is 0.784. The van der Waals surface area contributed by atoms with E-state index in [2.05, 4.69) is 13.8 Å². The fraction of sp³-hybridized carbons (Fsp3) is 0.533. The van der Waals surface area contributed by atoms with E-state index >= 15 is 0 Å². The Morgan fingerprint density at radius 1 is 1.19 bits per heavy atom. The minimum absolute atomic E-state index is 0.0177. The predicted molar refractivity (Wildman–Crippen MR) is 83.2 cm³/mol. The van der Waals surface area contributed by atoms with E-state index in [1.165, 1.54) is 12.1 Å². The van der Waals surface area contributed by atoms with E-state index in [-0.39, 0.29) is 10.8 Å². The van der Waals surface area contributed by atoms with Crippen molar-refractivity contribution in [2.24, 2.45) is 11.8 Å². The Hall–Kier alpha value is -1.07. The Morgan fingerprint density at radius 2 is 1.71 bits per heavy atom. The average Bonchev–Trinajstić information content (AvgIpc) is 2.70. The topological polar surface area (TPSA) is 54.5 Å². The van der Waals surface area contributed by atoms with Crippen molar-refractivity contribution in [3.05, 3.63) is 28.8 Å². The lowest BCUT2D eigenvalue weighted by molar-refractivity contribution is 0.0784. The smallest absolute Gasteiger partial charge is 0.261 e. The molecule has 0 spiro atoms. The molecule has 1 saturated heterocycles. The summed E-state index contributed by atoms with van der Waals surface area (Å²) in [6.45, 7) is 9.26. The number of halogens is 1. The third kappa shape index (κ3) is 3.24. The van der Waals surface area contributed by atoms with E-state index in [9.17, 15) is 13.2 Å². The van der Waals surface area contributed by atoms with Gasteiger partial charge in [-0.3, -0.25) is 4.79 Å². The molecule has 116 valence electrons. The zero-order valence-corrected chi connectivity index (χ0v) is 14.3. The average molecular weight is 330 g/mol. The first-order chi connectivity index (χ1) is 9.61. The molecule has 2 rings (SSSR count). The zero-order valence-electron chi connectivity index (χ0n) is 12.7. The highest BCUT2D eigenvalue weighted by atomic mass is 35.7. The molecule has 4 nitrogen and oxygen atoms in total. The molecular weight excluding hydrogens is 310 g/mol. The number of likely N-dealkylation sites (tertiary alicyclic amines) is 1. The van der Waals surface area contributed by atoms with E-state index in [1.807, 2.05) is 6.92 Å². The number of rotatable bonds is 2. The van der Waals surface area contributed by atoms with Crippen LogP contribution in [0.4, 0.5) is 0 Å². The first-order valence-corrected chi connectivity index (χ1v) is 9.27. The van der Waals surface area contributed by atoms with Crippen LogP contribution in [0.25, 0.3) is 0 Å². The summed E-state index contributed by atoms with van der Waals surface area (Å²) in [5.41, 5.74) is 1.98. The summed E-state index contributed by atoms with van der Waals surface area (Å²) in [4.78, 5) is 14.5. The van der Waals surface area contributed by atoms with E-state index in [0.717, 1.165) is 11.1 Å². The monoisotopic (exact) mass is 329 g/mol. The lowest BCUT2D eigenvalue weighted by atomic mass is 10.0. The molecule has 6 heteroatoms. The van der Waals surface area contributed by atoms with Crippen molar-refractivity contribution in [2.75, 3.05) is 13.1 Å². The minimum atomic E-state index is -3.84. The molecule has 0 saturated carbocycles. The summed E-state index contributed by atoms with van der Waals surface area (Å²) < 4.78 is 23.1. The summed E-state index contributed by atoms with van der Waals surface area (Å²) in [7, 11) is 1.57. The molecule has 0 bridgehead atoms. The van der Waals surface area contributed by atoms with Gasteiger partial charge in [0.25, 0.3) is 15.0 Å². The number of nitrogens with zero attached hydrogens (tertiary/aromatic N) is 1. The van der Waals surface area contributed by atoms with Crippen LogP contribution in [0, 0.1) is 25.7 Å². The molecule has 2 atom stereocenters. The van der Waals surface area contributed by atoms with Crippen LogP contribution in [0.2, 0.25) is 0 Å². The number of benzene rings is 1. The van der Waals surface area contributed by atoms with Crippen molar-refractivity contribution < 1.29 is 13.2 Å². The van der Waals surface area contributed by atoms with Crippen LogP contribution in [0.3, 0.4) is 0 Å². The number of carbonyl (C=O) groups is 1. The summed E-state index contributed by atoms with van der Waals surface area (Å²) in [6, 6.07) is 2.89. The second kappa shape index (κ2) is 5.61. The highest BCUT2D eigenvalue weighted by molar-refractivity contribution is 8.13. The number of amides is 1. The molecule has 0 aromatic heterocycles. The Labute approximate surface area is 130 Å². The van der Waals surface area contributed by atoms with Gasteiger partial charge in [-0.1, -0.05) is 13.8 Å². The molecule has 1 amide bonds. The van der Waals surface area contributed by atoms with E-state index in [0.29, 0.717) is 30.5 Å². The van der Waals surface area contributed by atoms with Crippen molar-refractivity contribution >= 4 is 25.6 Å². The van der Waals surface area contributed by atoms with Crippen molar-refractivity contribution in [1.29, 1.82) is 0 Å². The normalized spacial score (nSPS) is 22.6. The molecule has 0 N–H and O–H groups in total. The third-order valence-electron chi connectivity index (χ3n) is 4.43. The predicted octanol–water partition coefficient (Wildman–Crippen LogP) is 2.96. The molecule has 1 aliphatic heterocycles. The minimum Gasteiger partial charge on any atom is -0.338 e. The first-order valence-electron chi connectivity index (χ1n) is 6.96. The highest BCUT2D eigenvalue weighted by Gasteiger charge is 2.31. The maximum Gasteiger partial charge on any atom is 0.261 e. The number of hydrogen-bond acceptors (Lipinski definition) is 3. The molecule has 1 aromatic carbocycles. The summed E-state index contributed by atoms with van der Waals surface area (Å²) in [5, 5.41) is 0. The van der Waals surface area contributed by atoms with Crippen LogP contribution >= 0.6 is 10.7 Å². The van der Waals surface area contributed by atoms with E-state index < -0.39 is 9.05 Å². The Bertz CT molecular complexity index is 674. The van der Waals surface area contributed by atoms with Gasteiger partial charge in [0.05, 0.1) is 4.90 Å². The summed E-state index contributed by atoms with van der Waals surface area (Å²) >= 11 is 0. The van der Waals surface area contributed by atoms with Gasteiger partial charge in [-0.05, 0) is 48.9 Å². The van der Waals surface area contributed by atoms with Gasteiger partial charge in [0, 0.05) is 29.3 Å². The van der Waals surface area contributed by atoms with Crippen molar-refractivity contribution in [3.8, 4) is 0 Å². The SMILES string of the molecule is Cc1cc(S(=O)(=O)Cl)cc(C(=O)N2CC(C)C(C)C2)c1C. The fourth-order valence-corrected chi connectivity index (χ4v) is 3.50. The van der Waals surface area contributed by atoms with Gasteiger partial charge in [0.2, 0.25) is 0 Å². The second-order valence-corrected chi connectivity index (χ2v) is 8.58. The lowest BCUT2D eigenvalue weighted by Crippen LogP contribution is -2.29. The molecule has 2 unspecified atom stereocenters. The summed E-state index contributed by atoms with van der Waals surface area (Å²) in [5.74, 6) is 0.791. The van der Waals surface area contributed by atoms with Crippen LogP contribution in [-0.2, 0) is 9.05 Å². The van der Waals surface area contributed by atoms with Gasteiger partial charge in [0.1, 0.15) is 0 Å². The maximum absolute atomic E-state index is 12.7. The molecular formula is C15H20ClNO3S. The van der Waals surface area contributed by atoms with Crippen LogP contribution in [0.5, 0.6) is 0 Å². The van der Waals surface area contributed by atoms with Crippen LogP contribution in [-0.4, -0.2) is 32.3 Å². The van der Waals surface area contributed by atoms with Gasteiger partial charge in [-0.25, -0.2) is 8.42 Å². The Morgan fingerprint density at radius 3 is 2.19 bits per heavy atom. The van der Waals surface area contributed by atoms with Crippen molar-refractivity contribution in [2.45, 2.75) is 32.6 Å². The third-order valence-corrected chi connectivity index (χ3v) is 5.76. The van der Waals surface area contributed by atoms with Gasteiger partial charge in [0.15, 0.2) is 0 Å². The van der Waals surface area contributed by atoms with Crippen molar-refractivity contribution in [1.82, 2.24) is 4.90 Å². The van der Waals surface area contributed by atoms with Crippen LogP contribution in [0.15, 0.2) is 17.0 Å². The second-order valence-electron chi connectivity index (χ2n) is 6.02. The van der Waals surface area contributed by atoms with Gasteiger partial charge in [-0.2, -0.15) is 0 Å². The molecule has 0 aliphatic carbocycles. The molecule has 1 heterocycles. The Balaban J connectivity index is 2.44. The fourth-order valence-electron chi connectivity index (χ4n) is 2.65. The van der Waals surface area contributed by atoms with Crippen LogP contribution < -0.4 is 0 Å². The highest BCUT2D eigenvalue weighted by Crippen LogP contribution is 2.27. The number of carbonyl (C=O) groups excluding carboxylic acids is 1. The Kier molecular flexibility index (Phi) is 4.36. The molecule has 0 radical (unpaired) electrons. The molecule has 21 heavy (non-hydrogen) atoms. The van der Waals surface area contributed by atoms with Crippen LogP contribution in [0.1, 0.15) is 35.3 Å². The van der Waals surface area contributed by atoms with Crippen molar-refractivity contribution in [3.63, 3.8) is 0 Å². The van der Waals surface area contributed by atoms with Gasteiger partial charge >= 0.3 is 0 Å². The van der Waals surface area contributed by atoms with E-state index in [1.54, 1.807) is 11.8 Å². The number of hydrogen-bond donors (Lipinski definition) is 0. The van der Waals surface area contributed by atoms with Gasteiger partial charge in [-0.15, -0.1) is 0 Å².